The molecule has 0 saturated heterocycles. The van der Waals surface area contributed by atoms with Gasteiger partial charge in [-0.1, -0.05) is 5.16 Å². The smallest absolute Gasteiger partial charge is 0.406 e. The van der Waals surface area contributed by atoms with Crippen molar-refractivity contribution < 1.29 is 23.2 Å². The monoisotopic (exact) mass is 241 g/mol. The zero-order chi connectivity index (χ0) is 13.1. The Morgan fingerprint density at radius 2 is 1.88 bits per heavy atom. The van der Waals surface area contributed by atoms with Gasteiger partial charge in [-0.15, -0.1) is 0 Å². The standard InChI is InChI=1S/C8H14F3N3O2/c1-7(2,5(12)13-16)6(15)14(3)4-8(9,10)11/h16H,4H2,1-3H3,(H2,12,13). The Balaban J connectivity index is 4.81. The molecule has 0 heterocycles. The van der Waals surface area contributed by atoms with Gasteiger partial charge in [0, 0.05) is 7.05 Å². The molecule has 1 amide bonds. The molecule has 5 nitrogen and oxygen atoms in total. The predicted octanol–water partition coefficient (Wildman–Crippen LogP) is 0.780. The summed E-state index contributed by atoms with van der Waals surface area (Å²) in [5, 5.41) is 11.0. The highest BCUT2D eigenvalue weighted by molar-refractivity contribution is 6.05. The third kappa shape index (κ3) is 3.59. The number of hydrogen-bond donors (Lipinski definition) is 2. The number of carbonyl (C=O) groups excluding carboxylic acids is 1. The lowest BCUT2D eigenvalue weighted by atomic mass is 9.90. The minimum absolute atomic E-state index is 0.438. The molecule has 0 aliphatic rings. The summed E-state index contributed by atoms with van der Waals surface area (Å²) < 4.78 is 36.1. The normalized spacial score (nSPS) is 13.8. The van der Waals surface area contributed by atoms with E-state index in [9.17, 15) is 18.0 Å². The molecule has 0 aromatic carbocycles. The van der Waals surface area contributed by atoms with E-state index >= 15 is 0 Å². The highest BCUT2D eigenvalue weighted by Gasteiger charge is 2.39. The first-order chi connectivity index (χ1) is 7.02. The van der Waals surface area contributed by atoms with E-state index in [1.807, 2.05) is 0 Å². The van der Waals surface area contributed by atoms with Gasteiger partial charge in [0.25, 0.3) is 0 Å². The molecular weight excluding hydrogens is 227 g/mol. The van der Waals surface area contributed by atoms with Gasteiger partial charge in [-0.2, -0.15) is 13.2 Å². The minimum atomic E-state index is -4.48. The SMILES string of the molecule is CN(CC(F)(F)F)C(=O)C(C)(C)C(N)=NO. The van der Waals surface area contributed by atoms with Crippen LogP contribution in [0.3, 0.4) is 0 Å². The van der Waals surface area contributed by atoms with Crippen molar-refractivity contribution in [2.45, 2.75) is 20.0 Å². The fourth-order valence-electron chi connectivity index (χ4n) is 1.05. The molecule has 0 bridgehead atoms. The van der Waals surface area contributed by atoms with Crippen molar-refractivity contribution in [3.8, 4) is 0 Å². The summed E-state index contributed by atoms with van der Waals surface area (Å²) >= 11 is 0. The molecule has 16 heavy (non-hydrogen) atoms. The number of halogens is 3. The van der Waals surface area contributed by atoms with Crippen molar-refractivity contribution in [2.24, 2.45) is 16.3 Å². The van der Waals surface area contributed by atoms with E-state index in [0.29, 0.717) is 4.90 Å². The molecule has 0 aliphatic carbocycles. The van der Waals surface area contributed by atoms with Gasteiger partial charge < -0.3 is 15.8 Å². The summed E-state index contributed by atoms with van der Waals surface area (Å²) in [4.78, 5) is 12.1. The summed E-state index contributed by atoms with van der Waals surface area (Å²) in [6, 6.07) is 0. The lowest BCUT2D eigenvalue weighted by Crippen LogP contribution is -2.48. The number of oxime groups is 1. The Bertz CT molecular complexity index is 299. The van der Waals surface area contributed by atoms with Gasteiger partial charge in [0.1, 0.15) is 12.0 Å². The Morgan fingerprint density at radius 3 is 2.19 bits per heavy atom. The lowest BCUT2D eigenvalue weighted by molar-refractivity contribution is -0.161. The lowest BCUT2D eigenvalue weighted by Gasteiger charge is -2.28. The van der Waals surface area contributed by atoms with Gasteiger partial charge in [0.05, 0.1) is 0 Å². The van der Waals surface area contributed by atoms with E-state index in [-0.39, 0.29) is 0 Å². The molecule has 0 aromatic heterocycles. The number of rotatable bonds is 3. The molecule has 0 saturated carbocycles. The quantitative estimate of drug-likeness (QED) is 0.331. The number of amides is 1. The van der Waals surface area contributed by atoms with Crippen LogP contribution in [0.4, 0.5) is 13.2 Å². The Kier molecular flexibility index (Phi) is 4.16. The fourth-order valence-corrected chi connectivity index (χ4v) is 1.05. The molecule has 0 aliphatic heterocycles. The number of hydrogen-bond acceptors (Lipinski definition) is 3. The van der Waals surface area contributed by atoms with Crippen LogP contribution in [0.15, 0.2) is 5.16 Å². The van der Waals surface area contributed by atoms with Crippen LogP contribution in [0.5, 0.6) is 0 Å². The van der Waals surface area contributed by atoms with Crippen molar-refractivity contribution in [1.29, 1.82) is 0 Å². The maximum Gasteiger partial charge on any atom is 0.406 e. The summed E-state index contributed by atoms with van der Waals surface area (Å²) in [6.45, 7) is 1.17. The van der Waals surface area contributed by atoms with Crippen molar-refractivity contribution >= 4 is 11.7 Å². The van der Waals surface area contributed by atoms with E-state index < -0.39 is 29.9 Å². The van der Waals surface area contributed by atoms with Crippen LogP contribution in [-0.4, -0.2) is 41.6 Å². The molecule has 0 unspecified atom stereocenters. The summed E-state index contributed by atoms with van der Waals surface area (Å²) in [7, 11) is 1.00. The van der Waals surface area contributed by atoms with Gasteiger partial charge in [-0.3, -0.25) is 4.79 Å². The Morgan fingerprint density at radius 1 is 1.44 bits per heavy atom. The Hall–Kier alpha value is -1.47. The molecule has 0 fully saturated rings. The second kappa shape index (κ2) is 4.58. The Labute approximate surface area is 90.7 Å². The van der Waals surface area contributed by atoms with Crippen LogP contribution in [-0.2, 0) is 4.79 Å². The first-order valence-electron chi connectivity index (χ1n) is 4.32. The van der Waals surface area contributed by atoms with Gasteiger partial charge >= 0.3 is 6.18 Å². The highest BCUT2D eigenvalue weighted by atomic mass is 19.4. The van der Waals surface area contributed by atoms with Gasteiger partial charge in [-0.25, -0.2) is 0 Å². The molecular formula is C8H14F3N3O2. The number of carbonyl (C=O) groups is 1. The third-order valence-electron chi connectivity index (χ3n) is 2.05. The van der Waals surface area contributed by atoms with Crippen molar-refractivity contribution in [3.63, 3.8) is 0 Å². The van der Waals surface area contributed by atoms with E-state index in [0.717, 1.165) is 7.05 Å². The van der Waals surface area contributed by atoms with Crippen molar-refractivity contribution in [1.82, 2.24) is 4.90 Å². The van der Waals surface area contributed by atoms with E-state index in [1.54, 1.807) is 0 Å². The van der Waals surface area contributed by atoms with Crippen LogP contribution in [0, 0.1) is 5.41 Å². The molecule has 0 rings (SSSR count). The average Bonchev–Trinajstić information content (AvgIpc) is 2.12. The van der Waals surface area contributed by atoms with Gasteiger partial charge in [-0.05, 0) is 13.8 Å². The van der Waals surface area contributed by atoms with Crippen LogP contribution in [0.25, 0.3) is 0 Å². The summed E-state index contributed by atoms with van der Waals surface area (Å²) in [6.07, 6.45) is -4.48. The van der Waals surface area contributed by atoms with Crippen LogP contribution < -0.4 is 5.73 Å². The topological polar surface area (TPSA) is 78.9 Å². The summed E-state index contributed by atoms with van der Waals surface area (Å²) in [5.41, 5.74) is 3.75. The zero-order valence-corrected chi connectivity index (χ0v) is 9.17. The molecule has 3 N–H and O–H groups in total. The highest BCUT2D eigenvalue weighted by Crippen LogP contribution is 2.22. The second-order valence-corrected chi connectivity index (χ2v) is 3.89. The van der Waals surface area contributed by atoms with Crippen molar-refractivity contribution in [2.75, 3.05) is 13.6 Å². The largest absolute Gasteiger partial charge is 0.409 e. The summed E-state index contributed by atoms with van der Waals surface area (Å²) in [5.74, 6) is -1.31. The fraction of sp³-hybridized carbons (Fsp3) is 0.750. The van der Waals surface area contributed by atoms with Gasteiger partial charge in [0.15, 0.2) is 5.84 Å². The maximum absolute atomic E-state index is 12.0. The van der Waals surface area contributed by atoms with Crippen LogP contribution in [0.2, 0.25) is 0 Å². The van der Waals surface area contributed by atoms with E-state index in [2.05, 4.69) is 5.16 Å². The maximum atomic E-state index is 12.0. The van der Waals surface area contributed by atoms with Crippen LogP contribution >= 0.6 is 0 Å². The molecule has 0 radical (unpaired) electrons. The van der Waals surface area contributed by atoms with Crippen LogP contribution in [0.1, 0.15) is 13.8 Å². The number of nitrogens with two attached hydrogens (primary N) is 1. The number of nitrogens with zero attached hydrogens (tertiary/aromatic N) is 2. The first-order valence-corrected chi connectivity index (χ1v) is 4.32. The van der Waals surface area contributed by atoms with Gasteiger partial charge in [0.2, 0.25) is 5.91 Å². The third-order valence-corrected chi connectivity index (χ3v) is 2.05. The van der Waals surface area contributed by atoms with Crippen molar-refractivity contribution in [3.05, 3.63) is 0 Å². The number of amidine groups is 1. The second-order valence-electron chi connectivity index (χ2n) is 3.89. The molecule has 0 aromatic rings. The predicted molar refractivity (Wildman–Crippen MR) is 50.9 cm³/mol. The van der Waals surface area contributed by atoms with E-state index in [4.69, 9.17) is 10.9 Å². The first kappa shape index (κ1) is 14.5. The zero-order valence-electron chi connectivity index (χ0n) is 9.17. The molecule has 94 valence electrons. The molecule has 8 heteroatoms. The molecule has 0 atom stereocenters. The molecule has 0 spiro atoms. The number of alkyl halides is 3. The van der Waals surface area contributed by atoms with E-state index in [1.165, 1.54) is 13.8 Å². The minimum Gasteiger partial charge on any atom is -0.409 e. The average molecular weight is 241 g/mol.